The third-order valence-corrected chi connectivity index (χ3v) is 7.13. The molecule has 1 fully saturated rings. The standard InChI is InChI=1S/C27H22Cl2N2O4/c1-14-11-17(28)12-18(29)22(14)24-23(25(35-30-24)27(3)9-10-27)26(34)31-13-15(2)21-16(7-8-20(32)33)5-4-6-19(21)31/h4-8,11-13H,9-10H2,1-3H3,(H,32,33)/b8-7+. The van der Waals surface area contributed by atoms with Gasteiger partial charge in [-0.05, 0) is 67.7 Å². The molecular weight excluding hydrogens is 487 g/mol. The number of rotatable bonds is 5. The number of fused-ring (bicyclic) bond motifs is 1. The first kappa shape index (κ1) is 23.4. The molecule has 0 amide bonds. The highest BCUT2D eigenvalue weighted by Gasteiger charge is 2.47. The lowest BCUT2D eigenvalue weighted by Crippen LogP contribution is -2.16. The second-order valence-corrected chi connectivity index (χ2v) is 10.1. The number of hydrogen-bond donors (Lipinski definition) is 1. The average molecular weight is 509 g/mol. The Morgan fingerprint density at radius 3 is 2.57 bits per heavy atom. The van der Waals surface area contributed by atoms with E-state index in [1.54, 1.807) is 29.0 Å². The minimum Gasteiger partial charge on any atom is -0.478 e. The van der Waals surface area contributed by atoms with Crippen LogP contribution in [0.3, 0.4) is 0 Å². The van der Waals surface area contributed by atoms with Gasteiger partial charge in [0, 0.05) is 33.7 Å². The Bertz CT molecular complexity index is 1530. The lowest BCUT2D eigenvalue weighted by atomic mass is 9.95. The number of halogens is 2. The fraction of sp³-hybridized carbons (Fsp3) is 0.222. The second-order valence-electron chi connectivity index (χ2n) is 9.28. The van der Waals surface area contributed by atoms with E-state index >= 15 is 0 Å². The predicted octanol–water partition coefficient (Wildman–Crippen LogP) is 7.06. The van der Waals surface area contributed by atoms with Crippen molar-refractivity contribution >= 4 is 52.1 Å². The van der Waals surface area contributed by atoms with Gasteiger partial charge in [-0.3, -0.25) is 9.36 Å². The molecule has 178 valence electrons. The smallest absolute Gasteiger partial charge is 0.328 e. The van der Waals surface area contributed by atoms with Crippen LogP contribution in [0.1, 0.15) is 52.6 Å². The van der Waals surface area contributed by atoms with Crippen molar-refractivity contribution in [2.45, 2.75) is 39.0 Å². The van der Waals surface area contributed by atoms with E-state index < -0.39 is 5.97 Å². The molecule has 1 saturated carbocycles. The first-order chi connectivity index (χ1) is 16.6. The Hall–Kier alpha value is -3.35. The van der Waals surface area contributed by atoms with Crippen molar-refractivity contribution in [2.24, 2.45) is 0 Å². The van der Waals surface area contributed by atoms with Crippen LogP contribution in [0.25, 0.3) is 28.2 Å². The zero-order chi connectivity index (χ0) is 25.1. The van der Waals surface area contributed by atoms with Gasteiger partial charge in [-0.2, -0.15) is 0 Å². The molecule has 2 heterocycles. The normalized spacial score (nSPS) is 14.7. The van der Waals surface area contributed by atoms with E-state index in [9.17, 15) is 9.59 Å². The van der Waals surface area contributed by atoms with Crippen LogP contribution in [0, 0.1) is 13.8 Å². The number of nitrogens with zero attached hydrogens (tertiary/aromatic N) is 2. The molecule has 2 aromatic carbocycles. The maximum Gasteiger partial charge on any atom is 0.328 e. The molecule has 1 N–H and O–H groups in total. The summed E-state index contributed by atoms with van der Waals surface area (Å²) in [5.41, 5.74) is 4.11. The summed E-state index contributed by atoms with van der Waals surface area (Å²) in [5.74, 6) is -0.779. The van der Waals surface area contributed by atoms with Gasteiger partial charge in [-0.1, -0.05) is 47.4 Å². The van der Waals surface area contributed by atoms with Gasteiger partial charge in [0.1, 0.15) is 11.3 Å². The van der Waals surface area contributed by atoms with Gasteiger partial charge in [0.05, 0.1) is 10.5 Å². The molecule has 6 nitrogen and oxygen atoms in total. The number of benzene rings is 2. The first-order valence-corrected chi connectivity index (χ1v) is 11.9. The minimum absolute atomic E-state index is 0.267. The molecule has 0 unspecified atom stereocenters. The van der Waals surface area contributed by atoms with Gasteiger partial charge in [-0.15, -0.1) is 0 Å². The topological polar surface area (TPSA) is 85.3 Å². The van der Waals surface area contributed by atoms with Crippen molar-refractivity contribution in [3.8, 4) is 11.3 Å². The van der Waals surface area contributed by atoms with Crippen molar-refractivity contribution < 1.29 is 19.2 Å². The monoisotopic (exact) mass is 508 g/mol. The van der Waals surface area contributed by atoms with Crippen LogP contribution in [0.15, 0.2) is 47.1 Å². The summed E-state index contributed by atoms with van der Waals surface area (Å²) in [6, 6.07) is 8.86. The Labute approximate surface area is 211 Å². The number of carboxylic acids is 1. The number of aromatic nitrogens is 2. The highest BCUT2D eigenvalue weighted by Crippen LogP contribution is 2.51. The maximum atomic E-state index is 14.2. The second kappa shape index (κ2) is 8.40. The number of hydrogen-bond acceptors (Lipinski definition) is 4. The lowest BCUT2D eigenvalue weighted by Gasteiger charge is -2.12. The number of aliphatic carboxylic acids is 1. The van der Waals surface area contributed by atoms with E-state index in [4.69, 9.17) is 32.8 Å². The lowest BCUT2D eigenvalue weighted by molar-refractivity contribution is -0.131. The Balaban J connectivity index is 1.73. The predicted molar refractivity (Wildman–Crippen MR) is 136 cm³/mol. The summed E-state index contributed by atoms with van der Waals surface area (Å²) in [5, 5.41) is 15.1. The van der Waals surface area contributed by atoms with Crippen molar-refractivity contribution in [1.29, 1.82) is 0 Å². The largest absolute Gasteiger partial charge is 0.478 e. The van der Waals surface area contributed by atoms with Crippen molar-refractivity contribution in [1.82, 2.24) is 9.72 Å². The van der Waals surface area contributed by atoms with Crippen LogP contribution in [0.5, 0.6) is 0 Å². The molecule has 0 aliphatic heterocycles. The van der Waals surface area contributed by atoms with Gasteiger partial charge in [0.25, 0.3) is 5.91 Å². The fourth-order valence-electron chi connectivity index (χ4n) is 4.59. The summed E-state index contributed by atoms with van der Waals surface area (Å²) in [7, 11) is 0. The third kappa shape index (κ3) is 3.97. The van der Waals surface area contributed by atoms with Crippen molar-refractivity contribution in [3.63, 3.8) is 0 Å². The van der Waals surface area contributed by atoms with Crippen LogP contribution in [0.4, 0.5) is 0 Å². The Kier molecular flexibility index (Phi) is 5.61. The van der Waals surface area contributed by atoms with E-state index in [1.807, 2.05) is 26.0 Å². The Morgan fingerprint density at radius 1 is 1.17 bits per heavy atom. The molecule has 8 heteroatoms. The average Bonchev–Trinajstić information content (AvgIpc) is 3.23. The van der Waals surface area contributed by atoms with Crippen LogP contribution < -0.4 is 0 Å². The Morgan fingerprint density at radius 2 is 1.91 bits per heavy atom. The SMILES string of the molecule is Cc1cc(Cl)cc(Cl)c1-c1noc(C2(C)CC2)c1C(=O)n1cc(C)c2c(/C=C/C(=O)O)cccc21. The number of carbonyl (C=O) groups excluding carboxylic acids is 1. The fourth-order valence-corrected chi connectivity index (χ4v) is 5.28. The van der Waals surface area contributed by atoms with Crippen molar-refractivity contribution in [2.75, 3.05) is 0 Å². The molecular formula is C27H22Cl2N2O4. The summed E-state index contributed by atoms with van der Waals surface area (Å²) in [4.78, 5) is 25.2. The zero-order valence-electron chi connectivity index (χ0n) is 19.4. The molecule has 0 spiro atoms. The maximum absolute atomic E-state index is 14.2. The number of carboxylic acid groups (broad SMARTS) is 1. The molecule has 4 aromatic rings. The van der Waals surface area contributed by atoms with Gasteiger partial charge < -0.3 is 9.63 Å². The van der Waals surface area contributed by atoms with Crippen LogP contribution >= 0.6 is 23.2 Å². The summed E-state index contributed by atoms with van der Waals surface area (Å²) >= 11 is 12.8. The van der Waals surface area contributed by atoms with Gasteiger partial charge >= 0.3 is 5.97 Å². The highest BCUT2D eigenvalue weighted by atomic mass is 35.5. The quantitative estimate of drug-likeness (QED) is 0.291. The highest BCUT2D eigenvalue weighted by molar-refractivity contribution is 6.36. The molecule has 0 bridgehead atoms. The molecule has 1 aliphatic rings. The zero-order valence-corrected chi connectivity index (χ0v) is 20.9. The summed E-state index contributed by atoms with van der Waals surface area (Å²) in [6.07, 6.45) is 6.17. The van der Waals surface area contributed by atoms with Crippen LogP contribution in [0.2, 0.25) is 10.0 Å². The third-order valence-electron chi connectivity index (χ3n) is 6.62. The molecule has 0 saturated heterocycles. The van der Waals surface area contributed by atoms with Crippen molar-refractivity contribution in [3.05, 3.63) is 80.7 Å². The van der Waals surface area contributed by atoms with E-state index in [0.29, 0.717) is 43.7 Å². The molecule has 0 radical (unpaired) electrons. The van der Waals surface area contributed by atoms with Gasteiger partial charge in [0.15, 0.2) is 5.76 Å². The van der Waals surface area contributed by atoms with E-state index in [-0.39, 0.29) is 11.3 Å². The molecule has 0 atom stereocenters. The molecule has 1 aliphatic carbocycles. The summed E-state index contributed by atoms with van der Waals surface area (Å²) in [6.45, 7) is 5.81. The van der Waals surface area contributed by atoms with E-state index in [0.717, 1.165) is 35.4 Å². The number of carbonyl (C=O) groups is 2. The molecule has 2 aromatic heterocycles. The van der Waals surface area contributed by atoms with Crippen LogP contribution in [-0.2, 0) is 10.2 Å². The van der Waals surface area contributed by atoms with Crippen LogP contribution in [-0.4, -0.2) is 26.7 Å². The summed E-state index contributed by atoms with van der Waals surface area (Å²) < 4.78 is 7.39. The van der Waals surface area contributed by atoms with E-state index in [1.165, 1.54) is 6.08 Å². The first-order valence-electron chi connectivity index (χ1n) is 11.1. The molecule has 35 heavy (non-hydrogen) atoms. The molecule has 5 rings (SSSR count). The number of aryl methyl sites for hydroxylation is 2. The van der Waals surface area contributed by atoms with Gasteiger partial charge in [0.2, 0.25) is 0 Å². The van der Waals surface area contributed by atoms with E-state index in [2.05, 4.69) is 12.1 Å². The minimum atomic E-state index is -1.04. The van der Waals surface area contributed by atoms with Gasteiger partial charge in [-0.25, -0.2) is 4.79 Å².